The van der Waals surface area contributed by atoms with Gasteiger partial charge in [-0.1, -0.05) is 18.2 Å². The molecule has 0 aliphatic heterocycles. The van der Waals surface area contributed by atoms with Gasteiger partial charge >= 0.3 is 0 Å². The summed E-state index contributed by atoms with van der Waals surface area (Å²) in [7, 11) is 0. The van der Waals surface area contributed by atoms with Crippen molar-refractivity contribution in [3.05, 3.63) is 64.1 Å². The van der Waals surface area contributed by atoms with E-state index >= 15 is 0 Å². The molecule has 1 aromatic heterocycles. The Hall–Kier alpha value is -2.40. The molecule has 5 nitrogen and oxygen atoms in total. The minimum absolute atomic E-state index is 0.0378. The summed E-state index contributed by atoms with van der Waals surface area (Å²) >= 11 is 0. The van der Waals surface area contributed by atoms with Crippen LogP contribution < -0.4 is 10.9 Å². The molecular formula is C15H16N2O3. The molecule has 0 radical (unpaired) electrons. The van der Waals surface area contributed by atoms with E-state index in [0.29, 0.717) is 11.3 Å². The maximum absolute atomic E-state index is 11.9. The summed E-state index contributed by atoms with van der Waals surface area (Å²) in [6.07, 6.45) is 1.58. The molecule has 2 aromatic rings. The number of aromatic nitrogens is 1. The lowest BCUT2D eigenvalue weighted by molar-refractivity contribution is -0.116. The molecule has 0 atom stereocenters. The second kappa shape index (κ2) is 6.16. The number of pyridine rings is 1. The largest absolute Gasteiger partial charge is 0.392 e. The van der Waals surface area contributed by atoms with Crippen LogP contribution in [0.1, 0.15) is 11.1 Å². The number of hydrogen-bond acceptors (Lipinski definition) is 3. The standard InChI is InChI=1S/C15H16N2O3/c1-11-4-3-7-17(15(11)20)9-14(19)16-13-6-2-5-12(8-13)10-18/h2-8,18H,9-10H2,1H3,(H,16,19). The van der Waals surface area contributed by atoms with Crippen molar-refractivity contribution >= 4 is 11.6 Å². The Labute approximate surface area is 116 Å². The van der Waals surface area contributed by atoms with Gasteiger partial charge in [0.05, 0.1) is 6.61 Å². The minimum Gasteiger partial charge on any atom is -0.392 e. The molecule has 0 spiro atoms. The number of hydrogen-bond donors (Lipinski definition) is 2. The molecule has 2 rings (SSSR count). The Kier molecular flexibility index (Phi) is 4.32. The van der Waals surface area contributed by atoms with Gasteiger partial charge in [-0.2, -0.15) is 0 Å². The molecule has 0 aliphatic carbocycles. The third-order valence-corrected chi connectivity index (χ3v) is 2.92. The molecule has 0 bridgehead atoms. The van der Waals surface area contributed by atoms with Crippen LogP contribution in [0.5, 0.6) is 0 Å². The summed E-state index contributed by atoms with van der Waals surface area (Å²) in [4.78, 5) is 23.7. The van der Waals surface area contributed by atoms with Gasteiger partial charge in [-0.25, -0.2) is 0 Å². The molecule has 0 aliphatic rings. The first kappa shape index (κ1) is 14.0. The fourth-order valence-corrected chi connectivity index (χ4v) is 1.88. The van der Waals surface area contributed by atoms with E-state index in [1.165, 1.54) is 4.57 Å². The fourth-order valence-electron chi connectivity index (χ4n) is 1.88. The molecule has 1 amide bonds. The highest BCUT2D eigenvalue weighted by molar-refractivity contribution is 5.90. The molecule has 5 heteroatoms. The zero-order valence-corrected chi connectivity index (χ0v) is 11.2. The predicted octanol–water partition coefficient (Wildman–Crippen LogP) is 1.29. The van der Waals surface area contributed by atoms with Crippen LogP contribution in [0.25, 0.3) is 0 Å². The number of nitrogens with zero attached hydrogens (tertiary/aromatic N) is 1. The van der Waals surface area contributed by atoms with Crippen LogP contribution in [-0.2, 0) is 17.9 Å². The van der Waals surface area contributed by atoms with E-state index in [1.54, 1.807) is 49.5 Å². The van der Waals surface area contributed by atoms with Gasteiger partial charge < -0.3 is 15.0 Å². The molecular weight excluding hydrogens is 256 g/mol. The normalized spacial score (nSPS) is 10.3. The van der Waals surface area contributed by atoms with Crippen LogP contribution in [0.2, 0.25) is 0 Å². The third-order valence-electron chi connectivity index (χ3n) is 2.92. The highest BCUT2D eigenvalue weighted by atomic mass is 16.3. The van der Waals surface area contributed by atoms with E-state index in [9.17, 15) is 9.59 Å². The van der Waals surface area contributed by atoms with Crippen molar-refractivity contribution in [2.75, 3.05) is 5.32 Å². The summed E-state index contributed by atoms with van der Waals surface area (Å²) in [5.41, 5.74) is 1.74. The van der Waals surface area contributed by atoms with Crippen LogP contribution in [0.3, 0.4) is 0 Å². The van der Waals surface area contributed by atoms with Gasteiger partial charge in [0, 0.05) is 17.4 Å². The average molecular weight is 272 g/mol. The van der Waals surface area contributed by atoms with Crippen molar-refractivity contribution in [3.8, 4) is 0 Å². The molecule has 0 fully saturated rings. The topological polar surface area (TPSA) is 71.3 Å². The summed E-state index contributed by atoms with van der Waals surface area (Å²) in [6.45, 7) is 1.59. The maximum atomic E-state index is 11.9. The van der Waals surface area contributed by atoms with Gasteiger partial charge in [0.25, 0.3) is 5.56 Å². The van der Waals surface area contributed by atoms with Crippen molar-refractivity contribution in [2.24, 2.45) is 0 Å². The highest BCUT2D eigenvalue weighted by Gasteiger charge is 2.06. The van der Waals surface area contributed by atoms with Crippen molar-refractivity contribution < 1.29 is 9.90 Å². The number of aliphatic hydroxyl groups excluding tert-OH is 1. The first-order chi connectivity index (χ1) is 9.60. The number of aliphatic hydroxyl groups is 1. The Bertz CT molecular complexity index is 677. The van der Waals surface area contributed by atoms with E-state index in [1.807, 2.05) is 0 Å². The van der Waals surface area contributed by atoms with Gasteiger partial charge in [0.2, 0.25) is 5.91 Å². The molecule has 1 aromatic carbocycles. The van der Waals surface area contributed by atoms with Crippen LogP contribution in [0.4, 0.5) is 5.69 Å². The smallest absolute Gasteiger partial charge is 0.253 e. The zero-order chi connectivity index (χ0) is 14.5. The Balaban J connectivity index is 2.09. The summed E-state index contributed by atoms with van der Waals surface area (Å²) < 4.78 is 1.36. The molecule has 2 N–H and O–H groups in total. The van der Waals surface area contributed by atoms with E-state index < -0.39 is 0 Å². The predicted molar refractivity (Wildman–Crippen MR) is 76.4 cm³/mol. The number of amides is 1. The second-order valence-corrected chi connectivity index (χ2v) is 4.53. The van der Waals surface area contributed by atoms with Crippen LogP contribution >= 0.6 is 0 Å². The lowest BCUT2D eigenvalue weighted by Gasteiger charge is -2.08. The molecule has 0 saturated heterocycles. The van der Waals surface area contributed by atoms with Crippen LogP contribution in [0.15, 0.2) is 47.4 Å². The SMILES string of the molecule is Cc1cccn(CC(=O)Nc2cccc(CO)c2)c1=O. The maximum Gasteiger partial charge on any atom is 0.253 e. The van der Waals surface area contributed by atoms with Crippen molar-refractivity contribution in [1.82, 2.24) is 4.57 Å². The number of benzene rings is 1. The van der Waals surface area contributed by atoms with E-state index in [4.69, 9.17) is 5.11 Å². The first-order valence-electron chi connectivity index (χ1n) is 6.26. The number of rotatable bonds is 4. The zero-order valence-electron chi connectivity index (χ0n) is 11.2. The quantitative estimate of drug-likeness (QED) is 0.881. The molecule has 1 heterocycles. The van der Waals surface area contributed by atoms with Gasteiger partial charge in [-0.3, -0.25) is 9.59 Å². The monoisotopic (exact) mass is 272 g/mol. The van der Waals surface area contributed by atoms with E-state index in [2.05, 4.69) is 5.32 Å². The van der Waals surface area contributed by atoms with Crippen molar-refractivity contribution in [1.29, 1.82) is 0 Å². The first-order valence-corrected chi connectivity index (χ1v) is 6.26. The molecule has 0 saturated carbocycles. The van der Waals surface area contributed by atoms with Crippen LogP contribution in [0, 0.1) is 6.92 Å². The second-order valence-electron chi connectivity index (χ2n) is 4.53. The highest BCUT2D eigenvalue weighted by Crippen LogP contribution is 2.10. The minimum atomic E-state index is -0.284. The molecule has 20 heavy (non-hydrogen) atoms. The lowest BCUT2D eigenvalue weighted by atomic mass is 10.2. The van der Waals surface area contributed by atoms with Gasteiger partial charge in [0.15, 0.2) is 0 Å². The number of carbonyl (C=O) groups excluding carboxylic acids is 1. The van der Waals surface area contributed by atoms with E-state index in [0.717, 1.165) is 5.56 Å². The Morgan fingerprint density at radius 1 is 1.30 bits per heavy atom. The summed E-state index contributed by atoms with van der Waals surface area (Å²) in [5, 5.41) is 11.7. The Morgan fingerprint density at radius 2 is 2.10 bits per heavy atom. The molecule has 104 valence electrons. The summed E-state index contributed by atoms with van der Waals surface area (Å²) in [5.74, 6) is -0.284. The van der Waals surface area contributed by atoms with E-state index in [-0.39, 0.29) is 24.6 Å². The average Bonchev–Trinajstić information content (AvgIpc) is 2.44. The summed E-state index contributed by atoms with van der Waals surface area (Å²) in [6, 6.07) is 10.4. The van der Waals surface area contributed by atoms with Crippen LogP contribution in [-0.4, -0.2) is 15.6 Å². The number of anilines is 1. The van der Waals surface area contributed by atoms with Crippen molar-refractivity contribution in [2.45, 2.75) is 20.1 Å². The van der Waals surface area contributed by atoms with Gasteiger partial charge in [0.1, 0.15) is 6.54 Å². The van der Waals surface area contributed by atoms with Crippen molar-refractivity contribution in [3.63, 3.8) is 0 Å². The molecule has 0 unspecified atom stereocenters. The fraction of sp³-hybridized carbons (Fsp3) is 0.200. The van der Waals surface area contributed by atoms with Gasteiger partial charge in [-0.05, 0) is 30.7 Å². The number of nitrogens with one attached hydrogen (secondary N) is 1. The number of aryl methyl sites for hydroxylation is 1. The Morgan fingerprint density at radius 3 is 2.85 bits per heavy atom. The van der Waals surface area contributed by atoms with Gasteiger partial charge in [-0.15, -0.1) is 0 Å². The lowest BCUT2D eigenvalue weighted by Crippen LogP contribution is -2.28. The number of carbonyl (C=O) groups is 1. The third kappa shape index (κ3) is 3.33.